The average molecular weight is 713 g/mol. The van der Waals surface area contributed by atoms with E-state index in [2.05, 4.69) is 36.5 Å². The number of likely N-dealkylation sites (N-methyl/N-ethyl adjacent to an activating group) is 1. The number of amides is 1. The number of unbranched alkanes of at least 4 members (excludes halogenated alkanes) is 20. The summed E-state index contributed by atoms with van der Waals surface area (Å²) in [5.41, 5.74) is 0. The van der Waals surface area contributed by atoms with Crippen LogP contribution in [0.4, 0.5) is 0 Å². The van der Waals surface area contributed by atoms with Crippen molar-refractivity contribution in [1.82, 2.24) is 5.32 Å². The summed E-state index contributed by atoms with van der Waals surface area (Å²) in [5.74, 6) is -0.389. The maximum atomic E-state index is 12.1. The molecule has 3 atom stereocenters. The van der Waals surface area contributed by atoms with E-state index in [1.807, 2.05) is 27.2 Å². The standard InChI is InChI=1S/C40H77N2O6P/c1-6-7-8-9-10-11-12-13-14-15-16-17-18-19-20-21-22-23-24-25-26-27-28-29-30-31-32-33-34-40(44)39(41-38(2)43)37-48-49(45,46)47-36-35-42(3,4)5/h25-26,29-30,33-34,39-40,44H,6-24,27-28,31-32,35-37H2,1-5H3,(H-,41,43,45,46)/b26-25+,30-29+,34-33+. The van der Waals surface area contributed by atoms with E-state index < -0.39 is 26.6 Å². The Morgan fingerprint density at radius 2 is 1.10 bits per heavy atom. The first kappa shape index (κ1) is 47.7. The number of aliphatic hydroxyl groups is 1. The van der Waals surface area contributed by atoms with Crippen molar-refractivity contribution >= 4 is 13.7 Å². The maximum absolute atomic E-state index is 12.1. The van der Waals surface area contributed by atoms with Gasteiger partial charge in [-0.25, -0.2) is 0 Å². The van der Waals surface area contributed by atoms with E-state index in [1.165, 1.54) is 129 Å². The summed E-state index contributed by atoms with van der Waals surface area (Å²) >= 11 is 0. The Labute approximate surface area is 302 Å². The van der Waals surface area contributed by atoms with E-state index in [9.17, 15) is 19.4 Å². The van der Waals surface area contributed by atoms with Gasteiger partial charge in [0.15, 0.2) is 0 Å². The number of carbonyl (C=O) groups is 1. The summed E-state index contributed by atoms with van der Waals surface area (Å²) in [5, 5.41) is 13.0. The topological polar surface area (TPSA) is 108 Å². The molecule has 0 saturated heterocycles. The van der Waals surface area contributed by atoms with Crippen LogP contribution >= 0.6 is 7.82 Å². The van der Waals surface area contributed by atoms with Crippen LogP contribution in [0, 0.1) is 0 Å². The highest BCUT2D eigenvalue weighted by molar-refractivity contribution is 7.45. The molecule has 0 aliphatic carbocycles. The van der Waals surface area contributed by atoms with Crippen LogP contribution in [0.3, 0.4) is 0 Å². The van der Waals surface area contributed by atoms with Gasteiger partial charge < -0.3 is 28.8 Å². The lowest BCUT2D eigenvalue weighted by Gasteiger charge is -2.29. The fraction of sp³-hybridized carbons (Fsp3) is 0.825. The first-order valence-electron chi connectivity index (χ1n) is 19.8. The van der Waals surface area contributed by atoms with Crippen molar-refractivity contribution < 1.29 is 32.9 Å². The lowest BCUT2D eigenvalue weighted by molar-refractivity contribution is -0.870. The Balaban J connectivity index is 3.78. The van der Waals surface area contributed by atoms with Gasteiger partial charge in [-0.05, 0) is 38.5 Å². The molecule has 0 radical (unpaired) electrons. The number of aliphatic hydroxyl groups excluding tert-OH is 1. The Morgan fingerprint density at radius 3 is 1.53 bits per heavy atom. The van der Waals surface area contributed by atoms with Crippen LogP contribution in [0.2, 0.25) is 0 Å². The number of hydrogen-bond donors (Lipinski definition) is 2. The lowest BCUT2D eigenvalue weighted by Crippen LogP contribution is -2.45. The van der Waals surface area contributed by atoms with Crippen LogP contribution in [0.1, 0.15) is 162 Å². The second-order valence-corrected chi connectivity index (χ2v) is 16.1. The smallest absolute Gasteiger partial charge is 0.268 e. The highest BCUT2D eigenvalue weighted by Gasteiger charge is 2.22. The van der Waals surface area contributed by atoms with Gasteiger partial charge in [-0.2, -0.15) is 0 Å². The number of rotatable bonds is 35. The largest absolute Gasteiger partial charge is 0.756 e. The molecular weight excluding hydrogens is 635 g/mol. The van der Waals surface area contributed by atoms with Gasteiger partial charge >= 0.3 is 0 Å². The number of phosphoric acid groups is 1. The first-order chi connectivity index (χ1) is 23.5. The number of nitrogens with one attached hydrogen (secondary N) is 1. The van der Waals surface area contributed by atoms with E-state index in [1.54, 1.807) is 6.08 Å². The van der Waals surface area contributed by atoms with Crippen molar-refractivity contribution in [3.8, 4) is 0 Å². The normalized spacial score (nSPS) is 15.0. The zero-order valence-electron chi connectivity index (χ0n) is 32.4. The third-order valence-electron chi connectivity index (χ3n) is 8.62. The van der Waals surface area contributed by atoms with E-state index in [-0.39, 0.29) is 12.5 Å². The van der Waals surface area contributed by atoms with Crippen molar-refractivity contribution in [3.05, 3.63) is 36.5 Å². The maximum Gasteiger partial charge on any atom is 0.268 e. The van der Waals surface area contributed by atoms with Gasteiger partial charge in [-0.15, -0.1) is 0 Å². The van der Waals surface area contributed by atoms with Gasteiger partial charge in [0.2, 0.25) is 5.91 Å². The number of phosphoric ester groups is 1. The summed E-state index contributed by atoms with van der Waals surface area (Å²) in [6, 6.07) is -0.908. The van der Waals surface area contributed by atoms with Gasteiger partial charge in [0, 0.05) is 6.92 Å². The molecule has 0 rings (SSSR count). The van der Waals surface area contributed by atoms with Gasteiger partial charge in [-0.1, -0.05) is 153 Å². The van der Waals surface area contributed by atoms with E-state index in [0.29, 0.717) is 11.0 Å². The Bertz CT molecular complexity index is 902. The first-order valence-corrected chi connectivity index (χ1v) is 21.3. The molecule has 0 saturated carbocycles. The molecule has 0 aliphatic heterocycles. The third-order valence-corrected chi connectivity index (χ3v) is 9.58. The second kappa shape index (κ2) is 32.6. The van der Waals surface area contributed by atoms with Crippen molar-refractivity contribution in [2.24, 2.45) is 0 Å². The van der Waals surface area contributed by atoms with Crippen LogP contribution in [-0.4, -0.2) is 68.5 Å². The number of carbonyl (C=O) groups excluding carboxylic acids is 1. The van der Waals surface area contributed by atoms with Crippen LogP contribution in [-0.2, 0) is 18.4 Å². The van der Waals surface area contributed by atoms with Crippen LogP contribution in [0.15, 0.2) is 36.5 Å². The highest BCUT2D eigenvalue weighted by Crippen LogP contribution is 2.38. The molecule has 0 fully saturated rings. The predicted molar refractivity (Wildman–Crippen MR) is 205 cm³/mol. The average Bonchev–Trinajstić information content (AvgIpc) is 3.03. The molecule has 0 heterocycles. The predicted octanol–water partition coefficient (Wildman–Crippen LogP) is 9.72. The highest BCUT2D eigenvalue weighted by atomic mass is 31.2. The van der Waals surface area contributed by atoms with Crippen molar-refractivity contribution in [2.75, 3.05) is 40.9 Å². The molecule has 1 amide bonds. The molecule has 8 nitrogen and oxygen atoms in total. The van der Waals surface area contributed by atoms with Gasteiger partial charge in [0.05, 0.1) is 39.9 Å². The number of allylic oxidation sites excluding steroid dienone is 5. The second-order valence-electron chi connectivity index (χ2n) is 14.7. The Morgan fingerprint density at radius 1 is 0.694 bits per heavy atom. The molecule has 49 heavy (non-hydrogen) atoms. The van der Waals surface area contributed by atoms with E-state index in [4.69, 9.17) is 9.05 Å². The minimum absolute atomic E-state index is 0.0129. The third kappa shape index (κ3) is 36.3. The lowest BCUT2D eigenvalue weighted by atomic mass is 10.0. The zero-order valence-corrected chi connectivity index (χ0v) is 33.3. The minimum atomic E-state index is -4.55. The SMILES string of the molecule is CCCCCCCCCCCCCCCCCCCC/C=C/CC/C=C/CC/C=C/C(O)C(COP(=O)([O-])OCC[N+](C)(C)C)NC(C)=O. The molecular formula is C40H77N2O6P. The van der Waals surface area contributed by atoms with Crippen molar-refractivity contribution in [1.29, 1.82) is 0 Å². The Kier molecular flexibility index (Phi) is 31.8. The fourth-order valence-electron chi connectivity index (χ4n) is 5.51. The van der Waals surface area contributed by atoms with Crippen LogP contribution in [0.25, 0.3) is 0 Å². The van der Waals surface area contributed by atoms with Gasteiger partial charge in [0.1, 0.15) is 13.2 Å². The molecule has 0 spiro atoms. The molecule has 2 N–H and O–H groups in total. The Hall–Kier alpha value is -1.28. The summed E-state index contributed by atoms with van der Waals surface area (Å²) in [6.07, 6.45) is 41.4. The quantitative estimate of drug-likeness (QED) is 0.0293. The molecule has 0 bridgehead atoms. The number of quaternary nitrogens is 1. The summed E-state index contributed by atoms with van der Waals surface area (Å²) in [7, 11) is 1.22. The number of hydrogen-bond acceptors (Lipinski definition) is 6. The van der Waals surface area contributed by atoms with Crippen molar-refractivity contribution in [3.63, 3.8) is 0 Å². The summed E-state index contributed by atoms with van der Waals surface area (Å²) in [4.78, 5) is 23.6. The molecule has 3 unspecified atom stereocenters. The molecule has 0 aromatic carbocycles. The van der Waals surface area contributed by atoms with Crippen LogP contribution < -0.4 is 10.2 Å². The number of nitrogens with zero attached hydrogens (tertiary/aromatic N) is 1. The van der Waals surface area contributed by atoms with Crippen molar-refractivity contribution in [2.45, 2.75) is 174 Å². The fourth-order valence-corrected chi connectivity index (χ4v) is 6.23. The monoisotopic (exact) mass is 713 g/mol. The van der Waals surface area contributed by atoms with Gasteiger partial charge in [-0.3, -0.25) is 9.36 Å². The van der Waals surface area contributed by atoms with E-state index >= 15 is 0 Å². The summed E-state index contributed by atoms with van der Waals surface area (Å²) in [6.45, 7) is 3.65. The van der Waals surface area contributed by atoms with Crippen LogP contribution in [0.5, 0.6) is 0 Å². The molecule has 9 heteroatoms. The zero-order chi connectivity index (χ0) is 36.5. The molecule has 0 aromatic rings. The molecule has 288 valence electrons. The van der Waals surface area contributed by atoms with Gasteiger partial charge in [0.25, 0.3) is 7.82 Å². The molecule has 0 aliphatic rings. The van der Waals surface area contributed by atoms with E-state index in [0.717, 1.165) is 25.7 Å². The summed E-state index contributed by atoms with van der Waals surface area (Å²) < 4.78 is 22.5. The minimum Gasteiger partial charge on any atom is -0.756 e. The molecule has 0 aromatic heterocycles.